The van der Waals surface area contributed by atoms with Crippen LogP contribution in [0.1, 0.15) is 5.56 Å². The first kappa shape index (κ1) is 13.5. The topological polar surface area (TPSA) is 33.0 Å². The molecule has 0 unspecified atom stereocenters. The van der Waals surface area contributed by atoms with Gasteiger partial charge >= 0.3 is 0 Å². The van der Waals surface area contributed by atoms with Gasteiger partial charge in [-0.3, -0.25) is 0 Å². The predicted octanol–water partition coefficient (Wildman–Crippen LogP) is 4.87. The number of nitriles is 1. The van der Waals surface area contributed by atoms with Crippen molar-refractivity contribution >= 4 is 22.5 Å². The summed E-state index contributed by atoms with van der Waals surface area (Å²) in [6, 6.07) is 22.3. The number of benzene rings is 3. The molecule has 0 heterocycles. The molecule has 0 aliphatic rings. The molecule has 0 aromatic heterocycles. The van der Waals surface area contributed by atoms with E-state index in [4.69, 9.17) is 4.74 Å². The van der Waals surface area contributed by atoms with E-state index in [1.165, 1.54) is 10.8 Å². The van der Waals surface area contributed by atoms with Gasteiger partial charge in [0, 0.05) is 9.79 Å². The highest BCUT2D eigenvalue weighted by molar-refractivity contribution is 7.99. The summed E-state index contributed by atoms with van der Waals surface area (Å²) in [4.78, 5) is 2.02. The molecule has 3 aromatic carbocycles. The molecular formula is C18H13NOS. The largest absolute Gasteiger partial charge is 0.497 e. The maximum absolute atomic E-state index is 9.23. The van der Waals surface area contributed by atoms with Crippen molar-refractivity contribution in [3.05, 3.63) is 66.2 Å². The zero-order chi connectivity index (χ0) is 14.7. The SMILES string of the molecule is COc1ccc(C#N)c(Sc2ccc3ccccc3c2)c1. The van der Waals surface area contributed by atoms with Crippen molar-refractivity contribution in [1.29, 1.82) is 5.26 Å². The van der Waals surface area contributed by atoms with Gasteiger partial charge in [0.25, 0.3) is 0 Å². The Morgan fingerprint density at radius 3 is 2.52 bits per heavy atom. The van der Waals surface area contributed by atoms with Crippen molar-refractivity contribution in [2.75, 3.05) is 7.11 Å². The van der Waals surface area contributed by atoms with E-state index >= 15 is 0 Å². The van der Waals surface area contributed by atoms with Gasteiger partial charge < -0.3 is 4.74 Å². The second kappa shape index (κ2) is 5.90. The molecule has 102 valence electrons. The first-order valence-corrected chi connectivity index (χ1v) is 7.36. The van der Waals surface area contributed by atoms with Crippen LogP contribution in [0.5, 0.6) is 5.75 Å². The third-order valence-electron chi connectivity index (χ3n) is 3.26. The van der Waals surface area contributed by atoms with Crippen molar-refractivity contribution in [3.8, 4) is 11.8 Å². The number of fused-ring (bicyclic) bond motifs is 1. The molecule has 0 bridgehead atoms. The van der Waals surface area contributed by atoms with Crippen LogP contribution < -0.4 is 4.74 Å². The molecule has 0 atom stereocenters. The Hall–Kier alpha value is -2.44. The quantitative estimate of drug-likeness (QED) is 0.690. The molecular weight excluding hydrogens is 278 g/mol. The van der Waals surface area contributed by atoms with E-state index in [-0.39, 0.29) is 0 Å². The number of hydrogen-bond acceptors (Lipinski definition) is 3. The molecule has 0 N–H and O–H groups in total. The summed E-state index contributed by atoms with van der Waals surface area (Å²) >= 11 is 1.58. The Labute approximate surface area is 128 Å². The average Bonchev–Trinajstić information content (AvgIpc) is 2.54. The highest BCUT2D eigenvalue weighted by Gasteiger charge is 2.07. The van der Waals surface area contributed by atoms with Gasteiger partial charge in [-0.05, 0) is 41.1 Å². The molecule has 2 nitrogen and oxygen atoms in total. The van der Waals surface area contributed by atoms with E-state index in [0.29, 0.717) is 5.56 Å². The predicted molar refractivity (Wildman–Crippen MR) is 85.8 cm³/mol. The fourth-order valence-corrected chi connectivity index (χ4v) is 3.14. The lowest BCUT2D eigenvalue weighted by Gasteiger charge is -2.07. The molecule has 0 fully saturated rings. The van der Waals surface area contributed by atoms with Gasteiger partial charge in [-0.25, -0.2) is 0 Å². The summed E-state index contributed by atoms with van der Waals surface area (Å²) in [5.74, 6) is 0.761. The normalized spacial score (nSPS) is 10.3. The van der Waals surface area contributed by atoms with Gasteiger partial charge in [-0.1, -0.05) is 42.1 Å². The summed E-state index contributed by atoms with van der Waals surface area (Å²) in [5, 5.41) is 11.6. The standard InChI is InChI=1S/C18H13NOS/c1-20-16-8-6-15(12-19)18(11-16)21-17-9-7-13-4-2-3-5-14(13)10-17/h2-11H,1H3. The van der Waals surface area contributed by atoms with Crippen LogP contribution in [0, 0.1) is 11.3 Å². The van der Waals surface area contributed by atoms with Gasteiger partial charge in [-0.2, -0.15) is 5.26 Å². The van der Waals surface area contributed by atoms with E-state index in [2.05, 4.69) is 36.4 Å². The summed E-state index contributed by atoms with van der Waals surface area (Å²) < 4.78 is 5.24. The van der Waals surface area contributed by atoms with E-state index in [1.807, 2.05) is 24.3 Å². The lowest BCUT2D eigenvalue weighted by molar-refractivity contribution is 0.413. The molecule has 3 rings (SSSR count). The van der Waals surface area contributed by atoms with Crippen molar-refractivity contribution in [3.63, 3.8) is 0 Å². The van der Waals surface area contributed by atoms with Gasteiger partial charge in [0.1, 0.15) is 11.8 Å². The Bertz CT molecular complexity index is 836. The molecule has 0 radical (unpaired) electrons. The first-order chi connectivity index (χ1) is 10.3. The summed E-state index contributed by atoms with van der Waals surface area (Å²) in [7, 11) is 1.63. The fourth-order valence-electron chi connectivity index (χ4n) is 2.16. The lowest BCUT2D eigenvalue weighted by Crippen LogP contribution is -1.86. The van der Waals surface area contributed by atoms with Gasteiger partial charge in [0.15, 0.2) is 0 Å². The van der Waals surface area contributed by atoms with Gasteiger partial charge in [0.2, 0.25) is 0 Å². The number of rotatable bonds is 3. The number of ether oxygens (including phenoxy) is 1. The smallest absolute Gasteiger partial charge is 0.120 e. The maximum Gasteiger partial charge on any atom is 0.120 e. The molecule has 3 aromatic rings. The zero-order valence-electron chi connectivity index (χ0n) is 11.5. The minimum absolute atomic E-state index is 0.661. The minimum atomic E-state index is 0.661. The second-order valence-corrected chi connectivity index (χ2v) is 5.70. The van der Waals surface area contributed by atoms with Gasteiger partial charge in [-0.15, -0.1) is 0 Å². The van der Waals surface area contributed by atoms with E-state index in [0.717, 1.165) is 15.5 Å². The molecule has 0 amide bonds. The van der Waals surface area contributed by atoms with Crippen molar-refractivity contribution in [1.82, 2.24) is 0 Å². The van der Waals surface area contributed by atoms with E-state index in [9.17, 15) is 5.26 Å². The van der Waals surface area contributed by atoms with Crippen LogP contribution in [-0.2, 0) is 0 Å². The maximum atomic E-state index is 9.23. The second-order valence-electron chi connectivity index (χ2n) is 4.58. The Kier molecular flexibility index (Phi) is 3.81. The molecule has 0 aliphatic carbocycles. The highest BCUT2D eigenvalue weighted by atomic mass is 32.2. The number of methoxy groups -OCH3 is 1. The van der Waals surface area contributed by atoms with Crippen LogP contribution in [0.15, 0.2) is 70.5 Å². The molecule has 21 heavy (non-hydrogen) atoms. The molecule has 0 spiro atoms. The summed E-state index contributed by atoms with van der Waals surface area (Å²) in [5.41, 5.74) is 0.661. The zero-order valence-corrected chi connectivity index (χ0v) is 12.4. The molecule has 0 aliphatic heterocycles. The van der Waals surface area contributed by atoms with Crippen LogP contribution in [-0.4, -0.2) is 7.11 Å². The Morgan fingerprint density at radius 2 is 1.76 bits per heavy atom. The first-order valence-electron chi connectivity index (χ1n) is 6.55. The number of hydrogen-bond donors (Lipinski definition) is 0. The van der Waals surface area contributed by atoms with Crippen LogP contribution in [0.25, 0.3) is 10.8 Å². The molecule has 0 saturated heterocycles. The van der Waals surface area contributed by atoms with E-state index in [1.54, 1.807) is 24.9 Å². The van der Waals surface area contributed by atoms with Crippen molar-refractivity contribution < 1.29 is 4.74 Å². The lowest BCUT2D eigenvalue weighted by atomic mass is 10.1. The van der Waals surface area contributed by atoms with Crippen LogP contribution in [0.3, 0.4) is 0 Å². The molecule has 0 saturated carbocycles. The van der Waals surface area contributed by atoms with E-state index < -0.39 is 0 Å². The van der Waals surface area contributed by atoms with Gasteiger partial charge in [0.05, 0.1) is 12.7 Å². The highest BCUT2D eigenvalue weighted by Crippen LogP contribution is 2.34. The summed E-state index contributed by atoms with van der Waals surface area (Å²) in [6.45, 7) is 0. The van der Waals surface area contributed by atoms with Crippen LogP contribution >= 0.6 is 11.8 Å². The third-order valence-corrected chi connectivity index (χ3v) is 4.31. The Morgan fingerprint density at radius 1 is 0.952 bits per heavy atom. The summed E-state index contributed by atoms with van der Waals surface area (Å²) in [6.07, 6.45) is 0. The molecule has 3 heteroatoms. The Balaban J connectivity index is 2.00. The monoisotopic (exact) mass is 291 g/mol. The third kappa shape index (κ3) is 2.86. The van der Waals surface area contributed by atoms with Crippen LogP contribution in [0.2, 0.25) is 0 Å². The van der Waals surface area contributed by atoms with Crippen molar-refractivity contribution in [2.45, 2.75) is 9.79 Å². The number of nitrogens with zero attached hydrogens (tertiary/aromatic N) is 1. The van der Waals surface area contributed by atoms with Crippen LogP contribution in [0.4, 0.5) is 0 Å². The average molecular weight is 291 g/mol. The minimum Gasteiger partial charge on any atom is -0.497 e. The fraction of sp³-hybridized carbons (Fsp3) is 0.0556. The van der Waals surface area contributed by atoms with Crippen molar-refractivity contribution in [2.24, 2.45) is 0 Å².